The van der Waals surface area contributed by atoms with Crippen molar-refractivity contribution in [2.45, 2.75) is 39.5 Å². The van der Waals surface area contributed by atoms with Crippen molar-refractivity contribution in [3.8, 4) is 5.69 Å². The third kappa shape index (κ3) is 4.63. The molecule has 0 unspecified atom stereocenters. The lowest BCUT2D eigenvalue weighted by Crippen LogP contribution is -2.49. The molecule has 3 heterocycles. The first-order valence-electron chi connectivity index (χ1n) is 12.5. The zero-order valence-corrected chi connectivity index (χ0v) is 20.7. The third-order valence-corrected chi connectivity index (χ3v) is 6.75. The standard InChI is InChI=1S/C28H32N6O/c1-4-8-21(3)25-30-26(24-19-29-34(27(24)31-25)23-9-6-5-7-10-23)32-15-17-33(18-16-32)28(35)22-13-11-20(2)12-14-22/h5-7,9-14,19,21H,4,8,15-18H2,1-3H3/t21-/m1/s1. The monoisotopic (exact) mass is 468 g/mol. The van der Waals surface area contributed by atoms with E-state index >= 15 is 0 Å². The third-order valence-electron chi connectivity index (χ3n) is 6.75. The first-order valence-corrected chi connectivity index (χ1v) is 12.5. The van der Waals surface area contributed by atoms with Crippen LogP contribution in [0.4, 0.5) is 5.82 Å². The number of piperazine rings is 1. The van der Waals surface area contributed by atoms with Crippen LogP contribution < -0.4 is 4.90 Å². The average Bonchev–Trinajstić information content (AvgIpc) is 3.33. The molecule has 1 fully saturated rings. The quantitative estimate of drug-likeness (QED) is 0.399. The predicted octanol–water partition coefficient (Wildman–Crippen LogP) is 4.99. The van der Waals surface area contributed by atoms with Crippen molar-refractivity contribution in [1.82, 2.24) is 24.6 Å². The second-order valence-corrected chi connectivity index (χ2v) is 9.37. The van der Waals surface area contributed by atoms with Crippen molar-refractivity contribution in [2.75, 3.05) is 31.1 Å². The Hall–Kier alpha value is -3.74. The van der Waals surface area contributed by atoms with Gasteiger partial charge >= 0.3 is 0 Å². The molecule has 0 aliphatic carbocycles. The summed E-state index contributed by atoms with van der Waals surface area (Å²) in [6.45, 7) is 9.18. The summed E-state index contributed by atoms with van der Waals surface area (Å²) in [5.74, 6) is 2.11. The van der Waals surface area contributed by atoms with Crippen molar-refractivity contribution < 1.29 is 4.79 Å². The zero-order valence-electron chi connectivity index (χ0n) is 20.7. The van der Waals surface area contributed by atoms with E-state index in [1.54, 1.807) is 0 Å². The highest BCUT2D eigenvalue weighted by molar-refractivity contribution is 5.94. The van der Waals surface area contributed by atoms with Crippen LogP contribution in [0.2, 0.25) is 0 Å². The molecule has 7 heteroatoms. The normalized spacial score (nSPS) is 14.9. The van der Waals surface area contributed by atoms with Crippen LogP contribution in [0, 0.1) is 6.92 Å². The van der Waals surface area contributed by atoms with Gasteiger partial charge in [0.15, 0.2) is 5.65 Å². The summed E-state index contributed by atoms with van der Waals surface area (Å²) in [7, 11) is 0. The van der Waals surface area contributed by atoms with Crippen molar-refractivity contribution >= 4 is 22.8 Å². The van der Waals surface area contributed by atoms with Crippen LogP contribution in [0.5, 0.6) is 0 Å². The van der Waals surface area contributed by atoms with Gasteiger partial charge in [0, 0.05) is 37.7 Å². The van der Waals surface area contributed by atoms with Gasteiger partial charge in [0.2, 0.25) is 0 Å². The molecule has 1 saturated heterocycles. The number of anilines is 1. The van der Waals surface area contributed by atoms with E-state index in [0.29, 0.717) is 13.1 Å². The molecule has 0 bridgehead atoms. The number of carbonyl (C=O) groups is 1. The summed E-state index contributed by atoms with van der Waals surface area (Å²) in [6, 6.07) is 17.9. The number of benzene rings is 2. The second-order valence-electron chi connectivity index (χ2n) is 9.37. The van der Waals surface area contributed by atoms with E-state index in [0.717, 1.165) is 65.4 Å². The Kier molecular flexibility index (Phi) is 6.49. The highest BCUT2D eigenvalue weighted by Crippen LogP contribution is 2.29. The van der Waals surface area contributed by atoms with Gasteiger partial charge in [-0.3, -0.25) is 4.79 Å². The number of carbonyl (C=O) groups excluding carboxylic acids is 1. The SMILES string of the molecule is CCC[C@@H](C)c1nc(N2CCN(C(=O)c3ccc(C)cc3)CC2)c2cnn(-c3ccccc3)c2n1. The maximum atomic E-state index is 13.0. The number of amides is 1. The summed E-state index contributed by atoms with van der Waals surface area (Å²) in [5.41, 5.74) is 3.71. The maximum Gasteiger partial charge on any atom is 0.253 e. The summed E-state index contributed by atoms with van der Waals surface area (Å²) in [6.07, 6.45) is 3.98. The largest absolute Gasteiger partial charge is 0.352 e. The Bertz CT molecular complexity index is 1310. The minimum Gasteiger partial charge on any atom is -0.352 e. The maximum absolute atomic E-state index is 13.0. The van der Waals surface area contributed by atoms with Crippen LogP contribution in [-0.4, -0.2) is 56.7 Å². The molecule has 2 aromatic carbocycles. The minimum atomic E-state index is 0.0895. The van der Waals surface area contributed by atoms with E-state index in [-0.39, 0.29) is 11.8 Å². The lowest BCUT2D eigenvalue weighted by Gasteiger charge is -2.36. The van der Waals surface area contributed by atoms with Crippen molar-refractivity contribution in [3.63, 3.8) is 0 Å². The minimum absolute atomic E-state index is 0.0895. The zero-order chi connectivity index (χ0) is 24.4. The van der Waals surface area contributed by atoms with E-state index in [1.165, 1.54) is 0 Å². The topological polar surface area (TPSA) is 67.2 Å². The predicted molar refractivity (Wildman–Crippen MR) is 139 cm³/mol. The highest BCUT2D eigenvalue weighted by atomic mass is 16.2. The molecular formula is C28H32N6O. The molecule has 0 N–H and O–H groups in total. The fraction of sp³-hybridized carbons (Fsp3) is 0.357. The molecule has 180 valence electrons. The molecule has 5 rings (SSSR count). The molecule has 0 spiro atoms. The Labute approximate surface area is 206 Å². The molecule has 7 nitrogen and oxygen atoms in total. The number of aromatic nitrogens is 4. The molecule has 1 atom stereocenters. The van der Waals surface area contributed by atoms with Gasteiger partial charge in [-0.15, -0.1) is 0 Å². The summed E-state index contributed by atoms with van der Waals surface area (Å²) >= 11 is 0. The number of nitrogens with zero attached hydrogens (tertiary/aromatic N) is 6. The fourth-order valence-corrected chi connectivity index (χ4v) is 4.69. The van der Waals surface area contributed by atoms with Gasteiger partial charge in [0.05, 0.1) is 17.3 Å². The van der Waals surface area contributed by atoms with Crippen molar-refractivity contribution in [1.29, 1.82) is 0 Å². The van der Waals surface area contributed by atoms with E-state index in [2.05, 4.69) is 23.8 Å². The smallest absolute Gasteiger partial charge is 0.253 e. The number of para-hydroxylation sites is 1. The first-order chi connectivity index (χ1) is 17.0. The summed E-state index contributed by atoms with van der Waals surface area (Å²) in [5, 5.41) is 5.62. The molecule has 1 aliphatic heterocycles. The van der Waals surface area contributed by atoms with Crippen LogP contribution in [0.15, 0.2) is 60.8 Å². The Morgan fingerprint density at radius 1 is 0.971 bits per heavy atom. The van der Waals surface area contributed by atoms with E-state index in [9.17, 15) is 4.79 Å². The van der Waals surface area contributed by atoms with Crippen LogP contribution in [0.1, 0.15) is 54.4 Å². The lowest BCUT2D eigenvalue weighted by atomic mass is 10.1. The van der Waals surface area contributed by atoms with Crippen LogP contribution in [-0.2, 0) is 0 Å². The first kappa shape index (κ1) is 23.0. The molecule has 0 radical (unpaired) electrons. The van der Waals surface area contributed by atoms with Gasteiger partial charge < -0.3 is 9.80 Å². The van der Waals surface area contributed by atoms with Crippen molar-refractivity contribution in [2.24, 2.45) is 0 Å². The lowest BCUT2D eigenvalue weighted by molar-refractivity contribution is 0.0746. The number of aryl methyl sites for hydroxylation is 1. The Balaban J connectivity index is 1.45. The Morgan fingerprint density at radius 3 is 2.37 bits per heavy atom. The van der Waals surface area contributed by atoms with E-state index < -0.39 is 0 Å². The molecule has 1 aliphatic rings. The van der Waals surface area contributed by atoms with Crippen LogP contribution >= 0.6 is 0 Å². The van der Waals surface area contributed by atoms with E-state index in [4.69, 9.17) is 9.97 Å². The highest BCUT2D eigenvalue weighted by Gasteiger charge is 2.26. The van der Waals surface area contributed by atoms with Gasteiger partial charge in [-0.25, -0.2) is 14.6 Å². The Morgan fingerprint density at radius 2 is 1.69 bits per heavy atom. The molecule has 4 aromatic rings. The number of rotatable bonds is 6. The van der Waals surface area contributed by atoms with Crippen LogP contribution in [0.25, 0.3) is 16.7 Å². The molecule has 0 saturated carbocycles. The fourth-order valence-electron chi connectivity index (χ4n) is 4.69. The van der Waals surface area contributed by atoms with Gasteiger partial charge in [-0.05, 0) is 37.6 Å². The van der Waals surface area contributed by atoms with E-state index in [1.807, 2.05) is 77.3 Å². The van der Waals surface area contributed by atoms with Crippen molar-refractivity contribution in [3.05, 3.63) is 77.7 Å². The summed E-state index contributed by atoms with van der Waals surface area (Å²) < 4.78 is 1.90. The van der Waals surface area contributed by atoms with Gasteiger partial charge in [0.25, 0.3) is 5.91 Å². The van der Waals surface area contributed by atoms with Crippen LogP contribution in [0.3, 0.4) is 0 Å². The molecule has 35 heavy (non-hydrogen) atoms. The van der Waals surface area contributed by atoms with Gasteiger partial charge in [-0.1, -0.05) is 56.2 Å². The number of fused-ring (bicyclic) bond motifs is 1. The molecule has 1 amide bonds. The number of hydrogen-bond acceptors (Lipinski definition) is 5. The summed E-state index contributed by atoms with van der Waals surface area (Å²) in [4.78, 5) is 27.2. The van der Waals surface area contributed by atoms with Gasteiger partial charge in [0.1, 0.15) is 11.6 Å². The van der Waals surface area contributed by atoms with Gasteiger partial charge in [-0.2, -0.15) is 5.10 Å². The molecule has 2 aromatic heterocycles. The average molecular weight is 469 g/mol. The molecular weight excluding hydrogens is 436 g/mol. The number of hydrogen-bond donors (Lipinski definition) is 0. The second kappa shape index (κ2) is 9.86.